The molecule has 0 aliphatic heterocycles. The van der Waals surface area contributed by atoms with Gasteiger partial charge in [-0.3, -0.25) is 5.41 Å². The molecule has 0 aliphatic rings. The minimum atomic E-state index is 0.0839. The second-order valence-corrected chi connectivity index (χ2v) is 5.64. The van der Waals surface area contributed by atoms with Crippen LogP contribution in [0, 0.1) is 9.36 Å². The quantitative estimate of drug-likeness (QED) is 0.373. The average molecular weight is 252 g/mol. The third-order valence-corrected chi connectivity index (χ3v) is 4.07. The molecular weight excluding hydrogens is 244 g/mol. The number of hydrogen-bond acceptors (Lipinski definition) is 6. The Morgan fingerprint density at radius 1 is 1.85 bits per heavy atom. The predicted octanol–water partition coefficient (Wildman–Crippen LogP) is 1.98. The highest BCUT2D eigenvalue weighted by Crippen LogP contribution is 2.20. The van der Waals surface area contributed by atoms with E-state index in [9.17, 15) is 0 Å². The van der Waals surface area contributed by atoms with E-state index in [0.29, 0.717) is 5.88 Å². The van der Waals surface area contributed by atoms with Gasteiger partial charge in [-0.2, -0.15) is 5.10 Å². The number of nitrogens with two attached hydrogens (primary N) is 1. The van der Waals surface area contributed by atoms with E-state index in [1.807, 2.05) is 6.26 Å². The van der Waals surface area contributed by atoms with Gasteiger partial charge in [-0.25, -0.2) is 4.68 Å². The summed E-state index contributed by atoms with van der Waals surface area (Å²) in [6, 6.07) is 0. The van der Waals surface area contributed by atoms with Gasteiger partial charge in [0, 0.05) is 0 Å². The molecule has 0 bridgehead atoms. The molecule has 0 radical (unpaired) electrons. The number of amidine groups is 1. The first-order valence-electron chi connectivity index (χ1n) is 3.22. The standard InChI is InChI=1S/C5H8N4S4/c1-11-4-8-9(5(10)13-4)2-12-3(6)7/h2H2,1H3,(H3,6,7). The lowest BCUT2D eigenvalue weighted by Crippen LogP contribution is -2.07. The fourth-order valence-electron chi connectivity index (χ4n) is 0.582. The molecule has 8 heteroatoms. The van der Waals surface area contributed by atoms with Gasteiger partial charge in [0.25, 0.3) is 0 Å². The lowest BCUT2D eigenvalue weighted by molar-refractivity contribution is 0.717. The summed E-state index contributed by atoms with van der Waals surface area (Å²) in [5, 5.41) is 11.3. The van der Waals surface area contributed by atoms with Crippen molar-refractivity contribution in [1.82, 2.24) is 9.78 Å². The van der Waals surface area contributed by atoms with Crippen LogP contribution in [0.2, 0.25) is 0 Å². The summed E-state index contributed by atoms with van der Waals surface area (Å²) in [6.07, 6.45) is 1.95. The number of aromatic nitrogens is 2. The second-order valence-electron chi connectivity index (χ2n) is 1.98. The number of hydrogen-bond donors (Lipinski definition) is 2. The Bertz CT molecular complexity index is 354. The summed E-state index contributed by atoms with van der Waals surface area (Å²) < 4.78 is 3.34. The van der Waals surface area contributed by atoms with E-state index in [2.05, 4.69) is 5.10 Å². The van der Waals surface area contributed by atoms with Crippen LogP contribution in [-0.4, -0.2) is 21.2 Å². The lowest BCUT2D eigenvalue weighted by Gasteiger charge is -1.97. The Balaban J connectivity index is 2.71. The summed E-state index contributed by atoms with van der Waals surface area (Å²) in [6.45, 7) is 0. The SMILES string of the molecule is CSc1nn(CSC(=N)N)c(=S)s1. The minimum Gasteiger partial charge on any atom is -0.379 e. The maximum atomic E-state index is 7.03. The van der Waals surface area contributed by atoms with E-state index < -0.39 is 0 Å². The van der Waals surface area contributed by atoms with Crippen LogP contribution in [0.4, 0.5) is 0 Å². The maximum Gasteiger partial charge on any atom is 0.180 e. The highest BCUT2D eigenvalue weighted by Gasteiger charge is 2.02. The van der Waals surface area contributed by atoms with Crippen molar-refractivity contribution in [2.75, 3.05) is 6.26 Å². The van der Waals surface area contributed by atoms with Crippen molar-refractivity contribution in [2.24, 2.45) is 5.73 Å². The molecule has 0 atom stereocenters. The molecule has 72 valence electrons. The largest absolute Gasteiger partial charge is 0.379 e. The normalized spacial score (nSPS) is 10.2. The highest BCUT2D eigenvalue weighted by molar-refractivity contribution is 8.12. The molecule has 0 unspecified atom stereocenters. The molecule has 0 saturated heterocycles. The molecule has 1 aromatic heterocycles. The fraction of sp³-hybridized carbons (Fsp3) is 0.400. The molecule has 1 aromatic rings. The van der Waals surface area contributed by atoms with Gasteiger partial charge in [-0.1, -0.05) is 34.9 Å². The minimum absolute atomic E-state index is 0.0839. The van der Waals surface area contributed by atoms with E-state index >= 15 is 0 Å². The van der Waals surface area contributed by atoms with Gasteiger partial charge >= 0.3 is 0 Å². The lowest BCUT2D eigenvalue weighted by atomic mass is 11.3. The highest BCUT2D eigenvalue weighted by atomic mass is 32.2. The van der Waals surface area contributed by atoms with Crippen LogP contribution in [0.15, 0.2) is 4.34 Å². The first-order chi connectivity index (χ1) is 6.13. The molecule has 3 N–H and O–H groups in total. The number of thioether (sulfide) groups is 2. The van der Waals surface area contributed by atoms with E-state index in [4.69, 9.17) is 23.4 Å². The van der Waals surface area contributed by atoms with E-state index in [1.54, 1.807) is 16.4 Å². The Hall–Kier alpha value is -0.0500. The number of nitrogens with zero attached hydrogens (tertiary/aromatic N) is 2. The van der Waals surface area contributed by atoms with Gasteiger partial charge < -0.3 is 5.73 Å². The molecule has 0 aromatic carbocycles. The summed E-state index contributed by atoms with van der Waals surface area (Å²) in [7, 11) is 0. The topological polar surface area (TPSA) is 67.7 Å². The summed E-state index contributed by atoms with van der Waals surface area (Å²) in [5.41, 5.74) is 5.20. The predicted molar refractivity (Wildman–Crippen MR) is 62.2 cm³/mol. The van der Waals surface area contributed by atoms with E-state index in [-0.39, 0.29) is 5.17 Å². The molecule has 13 heavy (non-hydrogen) atoms. The van der Waals surface area contributed by atoms with Gasteiger partial charge in [-0.15, -0.1) is 0 Å². The number of rotatable bonds is 3. The Labute approximate surface area is 93.4 Å². The molecule has 0 aliphatic carbocycles. The summed E-state index contributed by atoms with van der Waals surface area (Å²) >= 11 is 9.32. The number of nitrogens with one attached hydrogen (secondary N) is 1. The molecule has 0 spiro atoms. The van der Waals surface area contributed by atoms with Crippen LogP contribution < -0.4 is 5.73 Å². The first-order valence-corrected chi connectivity index (χ1v) is 6.65. The van der Waals surface area contributed by atoms with Gasteiger partial charge in [0.2, 0.25) is 0 Å². The zero-order valence-electron chi connectivity index (χ0n) is 6.81. The van der Waals surface area contributed by atoms with Crippen LogP contribution in [0.5, 0.6) is 0 Å². The maximum absolute atomic E-state index is 7.03. The molecule has 0 fully saturated rings. The Morgan fingerprint density at radius 3 is 3.00 bits per heavy atom. The molecule has 1 heterocycles. The van der Waals surface area contributed by atoms with Crippen molar-refractivity contribution in [3.63, 3.8) is 0 Å². The molecule has 1 rings (SSSR count). The average Bonchev–Trinajstić information content (AvgIpc) is 2.43. The fourth-order valence-corrected chi connectivity index (χ4v) is 2.94. The smallest absolute Gasteiger partial charge is 0.180 e. The van der Waals surface area contributed by atoms with Crippen molar-refractivity contribution in [2.45, 2.75) is 10.2 Å². The van der Waals surface area contributed by atoms with Gasteiger partial charge in [-0.05, 0) is 18.5 Å². The summed E-state index contributed by atoms with van der Waals surface area (Å²) in [4.78, 5) is 0. The third-order valence-electron chi connectivity index (χ3n) is 1.10. The van der Waals surface area contributed by atoms with Crippen molar-refractivity contribution >= 4 is 52.2 Å². The van der Waals surface area contributed by atoms with Crippen LogP contribution in [-0.2, 0) is 5.88 Å². The van der Waals surface area contributed by atoms with Crippen molar-refractivity contribution < 1.29 is 0 Å². The van der Waals surface area contributed by atoms with Crippen molar-refractivity contribution in [3.05, 3.63) is 3.95 Å². The molecule has 4 nitrogen and oxygen atoms in total. The van der Waals surface area contributed by atoms with Gasteiger partial charge in [0.15, 0.2) is 13.5 Å². The van der Waals surface area contributed by atoms with E-state index in [0.717, 1.165) is 8.29 Å². The van der Waals surface area contributed by atoms with Crippen LogP contribution in [0.3, 0.4) is 0 Å². The van der Waals surface area contributed by atoms with Crippen LogP contribution >= 0.6 is 47.1 Å². The molecule has 0 amide bonds. The van der Waals surface area contributed by atoms with Crippen LogP contribution in [0.1, 0.15) is 0 Å². The third kappa shape index (κ3) is 3.29. The van der Waals surface area contributed by atoms with Gasteiger partial charge in [0.05, 0.1) is 5.88 Å². The summed E-state index contributed by atoms with van der Waals surface area (Å²) in [5.74, 6) is 0.519. The second kappa shape index (κ2) is 4.99. The monoisotopic (exact) mass is 252 g/mol. The zero-order chi connectivity index (χ0) is 9.84. The Kier molecular flexibility index (Phi) is 4.23. The molecular formula is C5H8N4S4. The zero-order valence-corrected chi connectivity index (χ0v) is 10.1. The first kappa shape index (κ1) is 11.0. The van der Waals surface area contributed by atoms with E-state index in [1.165, 1.54) is 23.1 Å². The van der Waals surface area contributed by atoms with Crippen molar-refractivity contribution in [1.29, 1.82) is 5.41 Å². The van der Waals surface area contributed by atoms with Gasteiger partial charge in [0.1, 0.15) is 0 Å². The van der Waals surface area contributed by atoms with Crippen molar-refractivity contribution in [3.8, 4) is 0 Å². The Morgan fingerprint density at radius 2 is 2.54 bits per heavy atom. The van der Waals surface area contributed by atoms with Crippen LogP contribution in [0.25, 0.3) is 0 Å². The molecule has 0 saturated carbocycles.